The van der Waals surface area contributed by atoms with Crippen LogP contribution in [0.3, 0.4) is 0 Å². The zero-order valence-corrected chi connectivity index (χ0v) is 6.63. The number of carbonyl (C=O) groups is 1. The normalized spacial score (nSPS) is 7.85. The molecule has 0 N–H and O–H groups in total. The fraction of sp³-hybridized carbons (Fsp3) is 0.364. The van der Waals surface area contributed by atoms with Crippen molar-refractivity contribution >= 4 is 5.97 Å². The first-order chi connectivity index (χ1) is 5.18. The predicted molar refractivity (Wildman–Crippen MR) is 56.0 cm³/mol. The molecule has 1 aromatic carbocycles. The van der Waals surface area contributed by atoms with Gasteiger partial charge in [0.2, 0.25) is 0 Å². The number of rotatable bonds is 1. The number of hydrogen-bond donors (Lipinski definition) is 0. The van der Waals surface area contributed by atoms with Gasteiger partial charge in [0.25, 0.3) is 0 Å². The van der Waals surface area contributed by atoms with E-state index in [1.54, 1.807) is 12.1 Å². The molecular weight excluding hydrogens is 164 g/mol. The third-order valence-electron chi connectivity index (χ3n) is 1.28. The number of benzene rings is 1. The second-order valence-electron chi connectivity index (χ2n) is 2.41. The van der Waals surface area contributed by atoms with E-state index in [-0.39, 0.29) is 20.8 Å². The van der Waals surface area contributed by atoms with Gasteiger partial charge in [0, 0.05) is 6.92 Å². The first kappa shape index (κ1) is 14.2. The van der Waals surface area contributed by atoms with Gasteiger partial charge in [-0.25, -0.2) is 0 Å². The van der Waals surface area contributed by atoms with Crippen LogP contribution in [-0.2, 0) is 4.79 Å². The van der Waals surface area contributed by atoms with Crippen LogP contribution in [0.15, 0.2) is 24.3 Å². The Balaban J connectivity index is 0. The van der Waals surface area contributed by atoms with Gasteiger partial charge in [-0.1, -0.05) is 32.5 Å². The number of carbonyl (C=O) groups excluding carboxylic acids is 1. The molecule has 13 heavy (non-hydrogen) atoms. The molecule has 0 atom stereocenters. The standard InChI is InChI=1S/C9H10O2.2CH4/c1-7-3-5-9(6-4-7)11-8(2)10;;/h3-6H,1-2H3;2*1H4. The summed E-state index contributed by atoms with van der Waals surface area (Å²) in [6.45, 7) is 3.37. The number of hydrogen-bond acceptors (Lipinski definition) is 2. The maximum absolute atomic E-state index is 10.5. The quantitative estimate of drug-likeness (QED) is 0.492. The minimum absolute atomic E-state index is 0. The van der Waals surface area contributed by atoms with Crippen molar-refractivity contribution in [2.45, 2.75) is 28.7 Å². The smallest absolute Gasteiger partial charge is 0.308 e. The van der Waals surface area contributed by atoms with Crippen LogP contribution >= 0.6 is 0 Å². The molecule has 0 amide bonds. The van der Waals surface area contributed by atoms with E-state index >= 15 is 0 Å². The van der Waals surface area contributed by atoms with E-state index in [4.69, 9.17) is 4.74 Å². The topological polar surface area (TPSA) is 26.3 Å². The highest BCUT2D eigenvalue weighted by atomic mass is 16.5. The zero-order valence-electron chi connectivity index (χ0n) is 6.63. The van der Waals surface area contributed by atoms with Crippen LogP contribution in [0.5, 0.6) is 5.75 Å². The Morgan fingerprint density at radius 2 is 1.62 bits per heavy atom. The number of aryl methyl sites for hydroxylation is 1. The van der Waals surface area contributed by atoms with Gasteiger partial charge in [-0.3, -0.25) is 4.79 Å². The summed E-state index contributed by atoms with van der Waals surface area (Å²) in [6.07, 6.45) is 0. The fourth-order valence-electron chi connectivity index (χ4n) is 0.772. The zero-order chi connectivity index (χ0) is 8.27. The third-order valence-corrected chi connectivity index (χ3v) is 1.28. The lowest BCUT2D eigenvalue weighted by Gasteiger charge is -1.99. The van der Waals surface area contributed by atoms with Gasteiger partial charge >= 0.3 is 5.97 Å². The molecule has 0 unspecified atom stereocenters. The minimum Gasteiger partial charge on any atom is -0.427 e. The molecule has 1 aromatic rings. The Kier molecular flexibility index (Phi) is 6.82. The van der Waals surface area contributed by atoms with Crippen LogP contribution in [0.25, 0.3) is 0 Å². The molecule has 0 radical (unpaired) electrons. The lowest BCUT2D eigenvalue weighted by atomic mass is 10.2. The van der Waals surface area contributed by atoms with E-state index in [1.165, 1.54) is 6.92 Å². The molecule has 0 aromatic heterocycles. The summed E-state index contributed by atoms with van der Waals surface area (Å²) in [6, 6.07) is 7.35. The maximum Gasteiger partial charge on any atom is 0.308 e. The van der Waals surface area contributed by atoms with Gasteiger partial charge in [-0.2, -0.15) is 0 Å². The Labute approximate surface area is 80.5 Å². The average Bonchev–Trinajstić information content (AvgIpc) is 1.93. The largest absolute Gasteiger partial charge is 0.427 e. The molecular formula is C11H18O2. The van der Waals surface area contributed by atoms with Gasteiger partial charge in [0.15, 0.2) is 0 Å². The summed E-state index contributed by atoms with van der Waals surface area (Å²) >= 11 is 0. The second kappa shape index (κ2) is 6.23. The molecule has 0 aliphatic carbocycles. The van der Waals surface area contributed by atoms with E-state index in [0.717, 1.165) is 5.56 Å². The molecule has 2 nitrogen and oxygen atoms in total. The Hall–Kier alpha value is -1.31. The number of esters is 1. The summed E-state index contributed by atoms with van der Waals surface area (Å²) in [4.78, 5) is 10.5. The van der Waals surface area contributed by atoms with Gasteiger partial charge in [0.05, 0.1) is 0 Å². The van der Waals surface area contributed by atoms with Gasteiger partial charge in [0.1, 0.15) is 5.75 Å². The molecule has 0 fully saturated rings. The van der Waals surface area contributed by atoms with Crippen LogP contribution in [0.1, 0.15) is 27.3 Å². The maximum atomic E-state index is 10.5. The van der Waals surface area contributed by atoms with E-state index in [9.17, 15) is 4.79 Å². The Morgan fingerprint density at radius 1 is 1.15 bits per heavy atom. The fourth-order valence-corrected chi connectivity index (χ4v) is 0.772. The van der Waals surface area contributed by atoms with Crippen LogP contribution in [0.2, 0.25) is 0 Å². The second-order valence-corrected chi connectivity index (χ2v) is 2.41. The summed E-state index contributed by atoms with van der Waals surface area (Å²) in [5, 5.41) is 0. The molecule has 0 spiro atoms. The summed E-state index contributed by atoms with van der Waals surface area (Å²) < 4.78 is 4.83. The Morgan fingerprint density at radius 3 is 2.00 bits per heavy atom. The summed E-state index contributed by atoms with van der Waals surface area (Å²) in [5.41, 5.74) is 1.15. The average molecular weight is 182 g/mol. The third kappa shape index (κ3) is 5.01. The molecule has 1 rings (SSSR count). The van der Waals surface area contributed by atoms with Gasteiger partial charge in [-0.15, -0.1) is 0 Å². The van der Waals surface area contributed by atoms with E-state index in [0.29, 0.717) is 5.75 Å². The van der Waals surface area contributed by atoms with E-state index in [1.807, 2.05) is 19.1 Å². The SMILES string of the molecule is C.C.CC(=O)Oc1ccc(C)cc1. The molecule has 0 heterocycles. The summed E-state index contributed by atoms with van der Waals surface area (Å²) in [7, 11) is 0. The van der Waals surface area contributed by atoms with E-state index < -0.39 is 0 Å². The highest BCUT2D eigenvalue weighted by Gasteiger charge is 1.94. The first-order valence-corrected chi connectivity index (χ1v) is 3.43. The molecule has 0 saturated carbocycles. The van der Waals surface area contributed by atoms with Crippen molar-refractivity contribution in [3.63, 3.8) is 0 Å². The minimum atomic E-state index is -0.283. The first-order valence-electron chi connectivity index (χ1n) is 3.43. The van der Waals surface area contributed by atoms with E-state index in [2.05, 4.69) is 0 Å². The van der Waals surface area contributed by atoms with Crippen LogP contribution < -0.4 is 4.74 Å². The molecule has 0 bridgehead atoms. The lowest BCUT2D eigenvalue weighted by molar-refractivity contribution is -0.131. The molecule has 0 aliphatic heterocycles. The van der Waals surface area contributed by atoms with Crippen molar-refractivity contribution in [3.8, 4) is 5.75 Å². The van der Waals surface area contributed by atoms with Gasteiger partial charge in [-0.05, 0) is 19.1 Å². The summed E-state index contributed by atoms with van der Waals surface area (Å²) in [5.74, 6) is 0.317. The van der Waals surface area contributed by atoms with Crippen LogP contribution in [0.4, 0.5) is 0 Å². The van der Waals surface area contributed by atoms with Crippen LogP contribution in [-0.4, -0.2) is 5.97 Å². The van der Waals surface area contributed by atoms with Crippen molar-refractivity contribution in [1.82, 2.24) is 0 Å². The highest BCUT2D eigenvalue weighted by molar-refractivity contribution is 5.69. The lowest BCUT2D eigenvalue weighted by Crippen LogP contribution is -2.00. The van der Waals surface area contributed by atoms with Crippen LogP contribution in [0, 0.1) is 6.92 Å². The molecule has 74 valence electrons. The molecule has 0 aliphatic rings. The number of ether oxygens (including phenoxy) is 1. The molecule has 0 saturated heterocycles. The van der Waals surface area contributed by atoms with Crippen molar-refractivity contribution in [1.29, 1.82) is 0 Å². The predicted octanol–water partition coefficient (Wildman–Crippen LogP) is 3.19. The van der Waals surface area contributed by atoms with Crippen molar-refractivity contribution in [3.05, 3.63) is 29.8 Å². The van der Waals surface area contributed by atoms with Gasteiger partial charge < -0.3 is 4.74 Å². The van der Waals surface area contributed by atoms with Crippen molar-refractivity contribution in [2.24, 2.45) is 0 Å². The van der Waals surface area contributed by atoms with Crippen molar-refractivity contribution < 1.29 is 9.53 Å². The Bertz CT molecular complexity index is 249. The monoisotopic (exact) mass is 182 g/mol. The van der Waals surface area contributed by atoms with Crippen molar-refractivity contribution in [2.75, 3.05) is 0 Å². The highest BCUT2D eigenvalue weighted by Crippen LogP contribution is 2.10. The molecule has 2 heteroatoms.